The fourth-order valence-electron chi connectivity index (χ4n) is 2.16. The van der Waals surface area contributed by atoms with Gasteiger partial charge in [-0.05, 0) is 49.7 Å². The minimum atomic E-state index is -0.0954. The molecule has 0 aliphatic heterocycles. The maximum absolute atomic E-state index is 11.9. The normalized spacial score (nSPS) is 10.1. The molecule has 116 valence electrons. The van der Waals surface area contributed by atoms with Crippen LogP contribution in [0.5, 0.6) is 11.5 Å². The Labute approximate surface area is 131 Å². The van der Waals surface area contributed by atoms with Crippen molar-refractivity contribution in [2.45, 2.75) is 20.5 Å². The molecule has 0 aliphatic rings. The molecule has 0 atom stereocenters. The number of rotatable bonds is 6. The molecule has 2 aromatic carbocycles. The van der Waals surface area contributed by atoms with Crippen molar-refractivity contribution < 1.29 is 14.3 Å². The van der Waals surface area contributed by atoms with Gasteiger partial charge in [0, 0.05) is 17.7 Å². The van der Waals surface area contributed by atoms with E-state index in [2.05, 4.69) is 5.32 Å². The summed E-state index contributed by atoms with van der Waals surface area (Å²) in [7, 11) is 1.61. The SMILES string of the molecule is CCNC(=O)c1ccc(OC)c(COc2cccc(C)c2)c1. The van der Waals surface area contributed by atoms with Crippen molar-refractivity contribution in [1.29, 1.82) is 0 Å². The second-order valence-corrected chi connectivity index (χ2v) is 4.99. The molecule has 0 saturated heterocycles. The second-order valence-electron chi connectivity index (χ2n) is 4.99. The number of carbonyl (C=O) groups is 1. The molecule has 0 radical (unpaired) electrons. The van der Waals surface area contributed by atoms with Gasteiger partial charge in [0.05, 0.1) is 7.11 Å². The van der Waals surface area contributed by atoms with Gasteiger partial charge in [-0.15, -0.1) is 0 Å². The zero-order valence-corrected chi connectivity index (χ0v) is 13.2. The van der Waals surface area contributed by atoms with Crippen molar-refractivity contribution in [2.24, 2.45) is 0 Å². The minimum absolute atomic E-state index is 0.0954. The molecule has 2 aromatic rings. The molecule has 1 amide bonds. The highest BCUT2D eigenvalue weighted by Gasteiger charge is 2.10. The molecule has 1 N–H and O–H groups in total. The van der Waals surface area contributed by atoms with Crippen molar-refractivity contribution in [3.8, 4) is 11.5 Å². The van der Waals surface area contributed by atoms with Crippen LogP contribution in [-0.2, 0) is 6.61 Å². The van der Waals surface area contributed by atoms with E-state index in [9.17, 15) is 4.79 Å². The Balaban J connectivity index is 2.17. The first-order valence-corrected chi connectivity index (χ1v) is 7.28. The van der Waals surface area contributed by atoms with E-state index >= 15 is 0 Å². The van der Waals surface area contributed by atoms with Crippen LogP contribution in [0.2, 0.25) is 0 Å². The van der Waals surface area contributed by atoms with E-state index in [-0.39, 0.29) is 5.91 Å². The molecule has 4 heteroatoms. The van der Waals surface area contributed by atoms with Crippen molar-refractivity contribution in [1.82, 2.24) is 5.32 Å². The highest BCUT2D eigenvalue weighted by molar-refractivity contribution is 5.94. The Morgan fingerprint density at radius 2 is 2.00 bits per heavy atom. The van der Waals surface area contributed by atoms with Gasteiger partial charge in [-0.1, -0.05) is 12.1 Å². The summed E-state index contributed by atoms with van der Waals surface area (Å²) < 4.78 is 11.1. The van der Waals surface area contributed by atoms with Gasteiger partial charge >= 0.3 is 0 Å². The Morgan fingerprint density at radius 1 is 1.18 bits per heavy atom. The van der Waals surface area contributed by atoms with Crippen LogP contribution in [0.25, 0.3) is 0 Å². The molecule has 0 heterocycles. The number of benzene rings is 2. The highest BCUT2D eigenvalue weighted by atomic mass is 16.5. The van der Waals surface area contributed by atoms with Gasteiger partial charge in [-0.25, -0.2) is 0 Å². The number of hydrogen-bond acceptors (Lipinski definition) is 3. The van der Waals surface area contributed by atoms with Gasteiger partial charge in [0.1, 0.15) is 18.1 Å². The smallest absolute Gasteiger partial charge is 0.251 e. The summed E-state index contributed by atoms with van der Waals surface area (Å²) in [5.41, 5.74) is 2.58. The van der Waals surface area contributed by atoms with Crippen LogP contribution in [0.1, 0.15) is 28.4 Å². The third-order valence-corrected chi connectivity index (χ3v) is 3.26. The Bertz CT molecular complexity index is 653. The van der Waals surface area contributed by atoms with Crippen LogP contribution >= 0.6 is 0 Å². The maximum atomic E-state index is 11.9. The summed E-state index contributed by atoms with van der Waals surface area (Å²) >= 11 is 0. The monoisotopic (exact) mass is 299 g/mol. The zero-order chi connectivity index (χ0) is 15.9. The molecule has 0 fully saturated rings. The lowest BCUT2D eigenvalue weighted by atomic mass is 10.1. The largest absolute Gasteiger partial charge is 0.496 e. The maximum Gasteiger partial charge on any atom is 0.251 e. The van der Waals surface area contributed by atoms with Crippen LogP contribution in [-0.4, -0.2) is 19.6 Å². The van der Waals surface area contributed by atoms with Crippen LogP contribution in [0.3, 0.4) is 0 Å². The molecule has 0 spiro atoms. The molecule has 22 heavy (non-hydrogen) atoms. The number of nitrogens with one attached hydrogen (secondary N) is 1. The third-order valence-electron chi connectivity index (χ3n) is 3.26. The van der Waals surface area contributed by atoms with Gasteiger partial charge < -0.3 is 14.8 Å². The number of hydrogen-bond donors (Lipinski definition) is 1. The lowest BCUT2D eigenvalue weighted by Gasteiger charge is -2.12. The van der Waals surface area contributed by atoms with Gasteiger partial charge in [0.15, 0.2) is 0 Å². The minimum Gasteiger partial charge on any atom is -0.496 e. The molecule has 0 unspecified atom stereocenters. The number of aryl methyl sites for hydroxylation is 1. The number of amides is 1. The van der Waals surface area contributed by atoms with Gasteiger partial charge in [-0.3, -0.25) is 4.79 Å². The fraction of sp³-hybridized carbons (Fsp3) is 0.278. The Kier molecular flexibility index (Phi) is 5.42. The average Bonchev–Trinajstić information content (AvgIpc) is 2.53. The first-order valence-electron chi connectivity index (χ1n) is 7.28. The summed E-state index contributed by atoms with van der Waals surface area (Å²) in [6, 6.07) is 13.2. The highest BCUT2D eigenvalue weighted by Crippen LogP contribution is 2.22. The quantitative estimate of drug-likeness (QED) is 0.890. The molecular formula is C18H21NO3. The van der Waals surface area contributed by atoms with E-state index in [1.807, 2.05) is 38.1 Å². The first-order chi connectivity index (χ1) is 10.6. The zero-order valence-electron chi connectivity index (χ0n) is 13.2. The number of methoxy groups -OCH3 is 1. The first kappa shape index (κ1) is 15.9. The van der Waals surface area contributed by atoms with Crippen molar-refractivity contribution >= 4 is 5.91 Å². The van der Waals surface area contributed by atoms with Crippen LogP contribution in [0.15, 0.2) is 42.5 Å². The molecule has 0 aromatic heterocycles. The van der Waals surface area contributed by atoms with E-state index < -0.39 is 0 Å². The summed E-state index contributed by atoms with van der Waals surface area (Å²) in [5, 5.41) is 2.79. The summed E-state index contributed by atoms with van der Waals surface area (Å²) in [4.78, 5) is 11.9. The summed E-state index contributed by atoms with van der Waals surface area (Å²) in [6.07, 6.45) is 0. The summed E-state index contributed by atoms with van der Waals surface area (Å²) in [6.45, 7) is 4.85. The predicted molar refractivity (Wildman–Crippen MR) is 86.5 cm³/mol. The Morgan fingerprint density at radius 3 is 2.68 bits per heavy atom. The standard InChI is InChI=1S/C18H21NO3/c1-4-19-18(20)14-8-9-17(21-3)15(11-14)12-22-16-7-5-6-13(2)10-16/h5-11H,4,12H2,1-3H3,(H,19,20). The molecule has 2 rings (SSSR count). The molecule has 4 nitrogen and oxygen atoms in total. The predicted octanol–water partition coefficient (Wildman–Crippen LogP) is 3.33. The third kappa shape index (κ3) is 4.01. The van der Waals surface area contributed by atoms with Crippen LogP contribution in [0, 0.1) is 6.92 Å². The molecule has 0 saturated carbocycles. The van der Waals surface area contributed by atoms with E-state index in [0.717, 1.165) is 16.9 Å². The van der Waals surface area contributed by atoms with E-state index in [0.29, 0.717) is 24.5 Å². The van der Waals surface area contributed by atoms with Gasteiger partial charge in [0.25, 0.3) is 5.91 Å². The van der Waals surface area contributed by atoms with Gasteiger partial charge in [0.2, 0.25) is 0 Å². The molecule has 0 bridgehead atoms. The van der Waals surface area contributed by atoms with Crippen LogP contribution in [0.4, 0.5) is 0 Å². The van der Waals surface area contributed by atoms with E-state index in [1.54, 1.807) is 25.3 Å². The summed E-state index contributed by atoms with van der Waals surface area (Å²) in [5.74, 6) is 1.41. The second kappa shape index (κ2) is 7.50. The molecular weight excluding hydrogens is 278 g/mol. The lowest BCUT2D eigenvalue weighted by molar-refractivity contribution is 0.0955. The Hall–Kier alpha value is -2.49. The number of ether oxygens (including phenoxy) is 2. The van der Waals surface area contributed by atoms with E-state index in [4.69, 9.17) is 9.47 Å². The average molecular weight is 299 g/mol. The van der Waals surface area contributed by atoms with Crippen molar-refractivity contribution in [2.75, 3.05) is 13.7 Å². The lowest BCUT2D eigenvalue weighted by Crippen LogP contribution is -2.22. The number of carbonyl (C=O) groups excluding carboxylic acids is 1. The topological polar surface area (TPSA) is 47.6 Å². The van der Waals surface area contributed by atoms with Crippen molar-refractivity contribution in [3.05, 3.63) is 59.2 Å². The van der Waals surface area contributed by atoms with Crippen molar-refractivity contribution in [3.63, 3.8) is 0 Å². The van der Waals surface area contributed by atoms with Gasteiger partial charge in [-0.2, -0.15) is 0 Å². The molecule has 0 aliphatic carbocycles. The fourth-order valence-corrected chi connectivity index (χ4v) is 2.16. The van der Waals surface area contributed by atoms with E-state index in [1.165, 1.54) is 0 Å². The van der Waals surface area contributed by atoms with Crippen LogP contribution < -0.4 is 14.8 Å².